The highest BCUT2D eigenvalue weighted by Crippen LogP contribution is 2.42. The minimum absolute atomic E-state index is 1.00. The first-order chi connectivity index (χ1) is 22.3. The second-order valence-electron chi connectivity index (χ2n) is 11.9. The molecule has 0 N–H and O–H groups in total. The van der Waals surface area contributed by atoms with Crippen molar-refractivity contribution in [2.45, 2.75) is 12.8 Å². The zero-order valence-electron chi connectivity index (χ0n) is 24.4. The molecule has 0 radical (unpaired) electrons. The second-order valence-corrected chi connectivity index (χ2v) is 13.0. The van der Waals surface area contributed by atoms with Crippen LogP contribution < -0.4 is 0 Å². The Balaban J connectivity index is 1.18. The number of benzene rings is 5. The van der Waals surface area contributed by atoms with Gasteiger partial charge in [-0.25, -0.2) is 4.98 Å². The molecule has 0 fully saturated rings. The molecule has 212 valence electrons. The molecular weight excluding hydrogens is 567 g/mol. The number of fused-ring (bicyclic) bond motifs is 9. The fraction of sp³-hybridized carbons (Fsp3) is 0.0488. The van der Waals surface area contributed by atoms with E-state index < -0.39 is 0 Å². The Morgan fingerprint density at radius 1 is 0.556 bits per heavy atom. The van der Waals surface area contributed by atoms with Crippen molar-refractivity contribution < 1.29 is 0 Å². The molecule has 3 nitrogen and oxygen atoms in total. The number of rotatable bonds is 3. The third kappa shape index (κ3) is 3.60. The van der Waals surface area contributed by atoms with Gasteiger partial charge in [-0.05, 0) is 78.6 Å². The van der Waals surface area contributed by atoms with Crippen LogP contribution in [0.15, 0.2) is 134 Å². The van der Waals surface area contributed by atoms with Crippen LogP contribution in [0.2, 0.25) is 0 Å². The Morgan fingerprint density at radius 3 is 2.13 bits per heavy atom. The summed E-state index contributed by atoms with van der Waals surface area (Å²) in [6.07, 6.45) is 6.41. The molecule has 5 aromatic carbocycles. The van der Waals surface area contributed by atoms with Crippen LogP contribution >= 0.6 is 11.3 Å². The van der Waals surface area contributed by atoms with E-state index in [1.165, 1.54) is 81.0 Å². The third-order valence-corrected chi connectivity index (χ3v) is 10.7. The van der Waals surface area contributed by atoms with Crippen molar-refractivity contribution in [2.24, 2.45) is 0 Å². The third-order valence-electron chi connectivity index (χ3n) is 9.51. The largest absolute Gasteiger partial charge is 0.313 e. The number of pyridine rings is 1. The van der Waals surface area contributed by atoms with Crippen LogP contribution in [0.4, 0.5) is 0 Å². The van der Waals surface area contributed by atoms with Crippen LogP contribution in [-0.2, 0) is 6.42 Å². The lowest BCUT2D eigenvalue weighted by molar-refractivity contribution is 0.898. The zero-order valence-corrected chi connectivity index (χ0v) is 25.3. The minimum Gasteiger partial charge on any atom is -0.313 e. The van der Waals surface area contributed by atoms with Gasteiger partial charge in [0.25, 0.3) is 0 Å². The molecule has 0 bridgehead atoms. The number of hydrogen-bond donors (Lipinski definition) is 0. The first kappa shape index (κ1) is 24.9. The van der Waals surface area contributed by atoms with Crippen molar-refractivity contribution in [3.63, 3.8) is 0 Å². The van der Waals surface area contributed by atoms with Crippen LogP contribution in [-0.4, -0.2) is 14.1 Å². The Labute approximate surface area is 263 Å². The highest BCUT2D eigenvalue weighted by atomic mass is 32.1. The Bertz CT molecular complexity index is 2650. The summed E-state index contributed by atoms with van der Waals surface area (Å²) in [6, 6.07) is 46.2. The quantitative estimate of drug-likeness (QED) is 0.200. The molecular formula is C41H27N3S. The molecule has 45 heavy (non-hydrogen) atoms. The van der Waals surface area contributed by atoms with Crippen LogP contribution in [0.3, 0.4) is 0 Å². The predicted octanol–water partition coefficient (Wildman–Crippen LogP) is 11.0. The van der Waals surface area contributed by atoms with Gasteiger partial charge < -0.3 is 4.57 Å². The molecule has 9 aromatic rings. The average molecular weight is 594 g/mol. The molecule has 0 amide bonds. The summed E-state index contributed by atoms with van der Waals surface area (Å²) >= 11 is 1.83. The molecule has 1 aliphatic rings. The molecule has 10 rings (SSSR count). The topological polar surface area (TPSA) is 22.8 Å². The van der Waals surface area contributed by atoms with Crippen molar-refractivity contribution in [1.82, 2.24) is 14.1 Å². The predicted molar refractivity (Wildman–Crippen MR) is 191 cm³/mol. The van der Waals surface area contributed by atoms with Crippen LogP contribution in [0.5, 0.6) is 0 Å². The Hall–Kier alpha value is -5.45. The molecule has 4 aromatic heterocycles. The van der Waals surface area contributed by atoms with Gasteiger partial charge in [0.15, 0.2) is 5.82 Å². The van der Waals surface area contributed by atoms with Gasteiger partial charge in [-0.1, -0.05) is 78.9 Å². The SMILES string of the molecule is C1=C(c2ccc3c(c2)c2ccccc2n3-c2nccc3c2sc2ccccc23)CCc2c1c1ccccc1n2-c1ccccc1. The van der Waals surface area contributed by atoms with E-state index in [2.05, 4.69) is 143 Å². The molecule has 4 heteroatoms. The smallest absolute Gasteiger partial charge is 0.155 e. The van der Waals surface area contributed by atoms with Gasteiger partial charge in [-0.2, -0.15) is 0 Å². The van der Waals surface area contributed by atoms with Crippen LogP contribution in [0.25, 0.3) is 76.0 Å². The highest BCUT2D eigenvalue weighted by molar-refractivity contribution is 7.26. The van der Waals surface area contributed by atoms with Crippen molar-refractivity contribution in [3.8, 4) is 11.5 Å². The first-order valence-electron chi connectivity index (χ1n) is 15.5. The van der Waals surface area contributed by atoms with Crippen molar-refractivity contribution in [1.29, 1.82) is 0 Å². The highest BCUT2D eigenvalue weighted by Gasteiger charge is 2.23. The fourth-order valence-electron chi connectivity index (χ4n) is 7.52. The standard InChI is InChI=1S/C41H27N3S/c1-2-10-28(11-3-1)43-35-15-7-4-12-29(35)33-24-26(18-20-37(33)43)27-19-21-38-34(25-27)30-13-5-8-16-36(30)44(38)41-40-32(22-23-42-41)31-14-6-9-17-39(31)45-40/h1-17,19,21-25H,18,20H2. The number of nitrogens with zero attached hydrogens (tertiary/aromatic N) is 3. The molecule has 0 atom stereocenters. The monoisotopic (exact) mass is 593 g/mol. The molecule has 0 unspecified atom stereocenters. The van der Waals surface area contributed by atoms with Crippen molar-refractivity contribution in [3.05, 3.63) is 150 Å². The van der Waals surface area contributed by atoms with Gasteiger partial charge in [0.1, 0.15) is 0 Å². The lowest BCUT2D eigenvalue weighted by Crippen LogP contribution is -2.05. The summed E-state index contributed by atoms with van der Waals surface area (Å²) in [7, 11) is 0. The minimum atomic E-state index is 1.00. The van der Waals surface area contributed by atoms with Gasteiger partial charge in [0, 0.05) is 54.8 Å². The summed E-state index contributed by atoms with van der Waals surface area (Å²) in [4.78, 5) is 5.00. The van der Waals surface area contributed by atoms with E-state index in [1.54, 1.807) is 0 Å². The zero-order chi connectivity index (χ0) is 29.5. The first-order valence-corrected chi connectivity index (χ1v) is 16.3. The average Bonchev–Trinajstić information content (AvgIpc) is 3.76. The molecule has 1 aliphatic carbocycles. The summed E-state index contributed by atoms with van der Waals surface area (Å²) in [5.41, 5.74) is 10.3. The van der Waals surface area contributed by atoms with E-state index in [4.69, 9.17) is 4.98 Å². The number of hydrogen-bond acceptors (Lipinski definition) is 2. The number of thiophene rings is 1. The van der Waals surface area contributed by atoms with Crippen LogP contribution in [0.1, 0.15) is 23.2 Å². The van der Waals surface area contributed by atoms with Crippen LogP contribution in [0, 0.1) is 0 Å². The maximum absolute atomic E-state index is 5.00. The van der Waals surface area contributed by atoms with Gasteiger partial charge in [0.2, 0.25) is 0 Å². The summed E-state index contributed by atoms with van der Waals surface area (Å²) in [6.45, 7) is 0. The van der Waals surface area contributed by atoms with Gasteiger partial charge in [0.05, 0.1) is 21.3 Å². The fourth-order valence-corrected chi connectivity index (χ4v) is 8.70. The van der Waals surface area contributed by atoms with E-state index >= 15 is 0 Å². The second kappa shape index (κ2) is 9.52. The molecule has 0 aliphatic heterocycles. The lowest BCUT2D eigenvalue weighted by atomic mass is 9.90. The Kier molecular flexibility index (Phi) is 5.28. The van der Waals surface area contributed by atoms with E-state index in [-0.39, 0.29) is 0 Å². The Morgan fingerprint density at radius 2 is 1.27 bits per heavy atom. The summed E-state index contributed by atoms with van der Waals surface area (Å²) in [5.74, 6) is 1.00. The summed E-state index contributed by atoms with van der Waals surface area (Å²) in [5, 5.41) is 6.39. The van der Waals surface area contributed by atoms with E-state index in [0.717, 1.165) is 18.7 Å². The maximum atomic E-state index is 5.00. The van der Waals surface area contributed by atoms with Gasteiger partial charge >= 0.3 is 0 Å². The number of aromatic nitrogens is 3. The van der Waals surface area contributed by atoms with Gasteiger partial charge in [-0.3, -0.25) is 4.57 Å². The van der Waals surface area contributed by atoms with Crippen molar-refractivity contribution >= 4 is 75.9 Å². The molecule has 0 spiro atoms. The maximum Gasteiger partial charge on any atom is 0.155 e. The lowest BCUT2D eigenvalue weighted by Gasteiger charge is -2.18. The van der Waals surface area contributed by atoms with Gasteiger partial charge in [-0.15, -0.1) is 11.3 Å². The van der Waals surface area contributed by atoms with Crippen molar-refractivity contribution in [2.75, 3.05) is 0 Å². The summed E-state index contributed by atoms with van der Waals surface area (Å²) < 4.78 is 7.34. The molecule has 0 saturated heterocycles. The molecule has 4 heterocycles. The van der Waals surface area contributed by atoms with E-state index in [0.29, 0.717) is 0 Å². The number of para-hydroxylation sites is 3. The molecule has 0 saturated carbocycles. The van der Waals surface area contributed by atoms with E-state index in [1.807, 2.05) is 17.5 Å². The number of allylic oxidation sites excluding steroid dienone is 1. The van der Waals surface area contributed by atoms with E-state index in [9.17, 15) is 0 Å². The normalized spacial score (nSPS) is 13.3.